The smallest absolute Gasteiger partial charge is 0.368 e. The lowest BCUT2D eigenvalue weighted by molar-refractivity contribution is -0.252. The van der Waals surface area contributed by atoms with Crippen LogP contribution in [-0.4, -0.2) is 26.7 Å². The average Bonchev–Trinajstić information content (AvgIpc) is 2.74. The zero-order valence-electron chi connectivity index (χ0n) is 11.4. The molecular weight excluding hydrogens is 355 g/mol. The molecule has 0 aliphatic carbocycles. The number of anilines is 1. The first-order valence-corrected chi connectivity index (χ1v) is 6.71. The molecule has 1 aromatic heterocycles. The van der Waals surface area contributed by atoms with E-state index < -0.39 is 40.3 Å². The molecule has 24 heavy (non-hydrogen) atoms. The number of halogens is 4. The number of fused-ring (bicyclic) bond motifs is 1. The molecule has 1 aromatic carbocycles. The normalized spacial score (nSPS) is 20.0. The number of carbonyl (C=O) groups excluding carboxylic acids is 1. The Kier molecular flexibility index (Phi) is 3.36. The molecular formula is C13H7ClF3N3O4. The summed E-state index contributed by atoms with van der Waals surface area (Å²) in [7, 11) is 0. The number of aromatic nitrogens is 2. The molecule has 11 heteroatoms. The molecule has 0 saturated heterocycles. The molecule has 1 atom stereocenters. The lowest BCUT2D eigenvalue weighted by atomic mass is 9.97. The van der Waals surface area contributed by atoms with Crippen molar-refractivity contribution in [2.75, 3.05) is 5.32 Å². The third-order valence-corrected chi connectivity index (χ3v) is 3.78. The number of amides is 1. The fourth-order valence-electron chi connectivity index (χ4n) is 2.41. The van der Waals surface area contributed by atoms with Crippen molar-refractivity contribution in [3.05, 3.63) is 55.7 Å². The quantitative estimate of drug-likeness (QED) is 0.701. The molecule has 0 fully saturated rings. The standard InChI is InChI=1S/C13H7ClF3N3O4/c14-5-1-3-6(4-2-5)20-8-7(9(21)19-11(20)23)12(24,10(22)18-8)13(15,16)17/h1-4,24H,(H,18,22)(H,19,21,23)/t12-/m1/s1. The molecule has 1 aliphatic rings. The van der Waals surface area contributed by atoms with Gasteiger partial charge in [-0.05, 0) is 24.3 Å². The van der Waals surface area contributed by atoms with Crippen LogP contribution >= 0.6 is 11.6 Å². The molecule has 0 spiro atoms. The Morgan fingerprint density at radius 1 is 1.12 bits per heavy atom. The maximum absolute atomic E-state index is 13.2. The van der Waals surface area contributed by atoms with E-state index in [0.717, 1.165) is 0 Å². The van der Waals surface area contributed by atoms with Crippen molar-refractivity contribution >= 4 is 23.3 Å². The van der Waals surface area contributed by atoms with E-state index in [9.17, 15) is 32.7 Å². The van der Waals surface area contributed by atoms with Crippen molar-refractivity contribution in [3.8, 4) is 5.69 Å². The van der Waals surface area contributed by atoms with Crippen LogP contribution in [0.1, 0.15) is 5.56 Å². The Bertz CT molecular complexity index is 964. The lowest BCUT2D eigenvalue weighted by Crippen LogP contribution is -2.50. The highest BCUT2D eigenvalue weighted by Gasteiger charge is 2.66. The van der Waals surface area contributed by atoms with Crippen LogP contribution in [-0.2, 0) is 10.4 Å². The molecule has 0 radical (unpaired) electrons. The molecule has 7 nitrogen and oxygen atoms in total. The van der Waals surface area contributed by atoms with Crippen molar-refractivity contribution in [1.82, 2.24) is 9.55 Å². The van der Waals surface area contributed by atoms with Crippen LogP contribution in [0.4, 0.5) is 19.0 Å². The van der Waals surface area contributed by atoms with E-state index in [0.29, 0.717) is 9.59 Å². The number of aromatic amines is 1. The van der Waals surface area contributed by atoms with E-state index in [1.54, 1.807) is 10.3 Å². The first kappa shape index (κ1) is 16.3. The predicted octanol–water partition coefficient (Wildman–Crippen LogP) is 0.881. The van der Waals surface area contributed by atoms with Crippen molar-refractivity contribution in [2.24, 2.45) is 0 Å². The minimum atomic E-state index is -5.46. The first-order valence-electron chi connectivity index (χ1n) is 6.33. The van der Waals surface area contributed by atoms with Gasteiger partial charge in [0.1, 0.15) is 11.4 Å². The van der Waals surface area contributed by atoms with Gasteiger partial charge >= 0.3 is 11.9 Å². The summed E-state index contributed by atoms with van der Waals surface area (Å²) < 4.78 is 40.2. The van der Waals surface area contributed by atoms with Crippen molar-refractivity contribution in [2.45, 2.75) is 11.8 Å². The van der Waals surface area contributed by atoms with Crippen LogP contribution in [0.2, 0.25) is 5.02 Å². The van der Waals surface area contributed by atoms with E-state index in [1.807, 2.05) is 0 Å². The van der Waals surface area contributed by atoms with Crippen molar-refractivity contribution < 1.29 is 23.1 Å². The third-order valence-electron chi connectivity index (χ3n) is 3.53. The molecule has 0 unspecified atom stereocenters. The van der Waals surface area contributed by atoms with Gasteiger partial charge in [-0.25, -0.2) is 9.36 Å². The molecule has 1 aliphatic heterocycles. The summed E-state index contributed by atoms with van der Waals surface area (Å²) in [5, 5.41) is 11.9. The summed E-state index contributed by atoms with van der Waals surface area (Å²) in [6.07, 6.45) is -5.46. The van der Waals surface area contributed by atoms with Gasteiger partial charge in [0.05, 0.1) is 5.69 Å². The van der Waals surface area contributed by atoms with E-state index in [1.165, 1.54) is 24.3 Å². The maximum atomic E-state index is 13.2. The highest BCUT2D eigenvalue weighted by Crippen LogP contribution is 2.44. The predicted molar refractivity (Wildman–Crippen MR) is 76.3 cm³/mol. The Hall–Kier alpha value is -2.59. The fourth-order valence-corrected chi connectivity index (χ4v) is 2.53. The average molecular weight is 362 g/mol. The summed E-state index contributed by atoms with van der Waals surface area (Å²) in [4.78, 5) is 37.2. The Labute approximate surface area is 135 Å². The molecule has 126 valence electrons. The number of alkyl halides is 3. The second-order valence-electron chi connectivity index (χ2n) is 4.96. The highest BCUT2D eigenvalue weighted by atomic mass is 35.5. The Morgan fingerprint density at radius 2 is 1.71 bits per heavy atom. The number of nitrogens with zero attached hydrogens (tertiary/aromatic N) is 1. The van der Waals surface area contributed by atoms with E-state index in [-0.39, 0.29) is 5.69 Å². The van der Waals surface area contributed by atoms with Gasteiger partial charge in [-0.2, -0.15) is 13.2 Å². The van der Waals surface area contributed by atoms with Crippen LogP contribution in [0.5, 0.6) is 0 Å². The number of nitrogens with one attached hydrogen (secondary N) is 2. The lowest BCUT2D eigenvalue weighted by Gasteiger charge is -2.22. The van der Waals surface area contributed by atoms with Gasteiger partial charge in [-0.1, -0.05) is 11.6 Å². The minimum Gasteiger partial charge on any atom is -0.368 e. The largest absolute Gasteiger partial charge is 0.431 e. The SMILES string of the molecule is O=C1Nc2c(c(=O)[nH]c(=O)n2-c2ccc(Cl)cc2)[C@]1(O)C(F)(F)F. The summed E-state index contributed by atoms with van der Waals surface area (Å²) in [6, 6.07) is 5.29. The highest BCUT2D eigenvalue weighted by molar-refractivity contribution is 6.30. The van der Waals surface area contributed by atoms with Crippen LogP contribution in [0, 0.1) is 0 Å². The molecule has 0 saturated carbocycles. The monoisotopic (exact) mass is 361 g/mol. The maximum Gasteiger partial charge on any atom is 0.431 e. The molecule has 0 bridgehead atoms. The van der Waals surface area contributed by atoms with E-state index >= 15 is 0 Å². The number of hydrogen-bond donors (Lipinski definition) is 3. The number of aliphatic hydroxyl groups is 1. The second kappa shape index (κ2) is 4.95. The Balaban J connectivity index is 2.39. The number of hydrogen-bond acceptors (Lipinski definition) is 4. The van der Waals surface area contributed by atoms with Crippen LogP contribution in [0.15, 0.2) is 33.9 Å². The molecule has 1 amide bonds. The van der Waals surface area contributed by atoms with Gasteiger partial charge in [-0.15, -0.1) is 0 Å². The van der Waals surface area contributed by atoms with Crippen molar-refractivity contribution in [3.63, 3.8) is 0 Å². The Morgan fingerprint density at radius 3 is 2.25 bits per heavy atom. The van der Waals surface area contributed by atoms with E-state index in [4.69, 9.17) is 11.6 Å². The third kappa shape index (κ3) is 2.07. The molecule has 3 N–H and O–H groups in total. The van der Waals surface area contributed by atoms with Gasteiger partial charge in [0.25, 0.3) is 17.1 Å². The van der Waals surface area contributed by atoms with Gasteiger partial charge in [0.2, 0.25) is 0 Å². The first-order chi connectivity index (χ1) is 11.1. The van der Waals surface area contributed by atoms with Crippen molar-refractivity contribution in [1.29, 1.82) is 0 Å². The minimum absolute atomic E-state index is 0.0311. The van der Waals surface area contributed by atoms with E-state index in [2.05, 4.69) is 0 Å². The van der Waals surface area contributed by atoms with Crippen LogP contribution in [0.25, 0.3) is 5.69 Å². The number of H-pyrrole nitrogens is 1. The number of rotatable bonds is 1. The summed E-state index contributed by atoms with van der Waals surface area (Å²) in [5.74, 6) is -2.63. The summed E-state index contributed by atoms with van der Waals surface area (Å²) in [6.45, 7) is 0. The topological polar surface area (TPSA) is 104 Å². The molecule has 3 rings (SSSR count). The fraction of sp³-hybridized carbons (Fsp3) is 0.154. The molecule has 2 heterocycles. The van der Waals surface area contributed by atoms with Gasteiger partial charge in [-0.3, -0.25) is 14.6 Å². The van der Waals surface area contributed by atoms with Gasteiger partial charge in [0, 0.05) is 5.02 Å². The zero-order chi connectivity index (χ0) is 17.9. The van der Waals surface area contributed by atoms with Gasteiger partial charge in [0.15, 0.2) is 0 Å². The van der Waals surface area contributed by atoms with Crippen LogP contribution < -0.4 is 16.6 Å². The second-order valence-corrected chi connectivity index (χ2v) is 5.39. The number of benzene rings is 1. The zero-order valence-corrected chi connectivity index (χ0v) is 12.2. The van der Waals surface area contributed by atoms with Gasteiger partial charge < -0.3 is 10.4 Å². The van der Waals surface area contributed by atoms with Crippen LogP contribution in [0.3, 0.4) is 0 Å². The number of carbonyl (C=O) groups is 1. The summed E-state index contributed by atoms with van der Waals surface area (Å²) in [5.41, 5.74) is -7.93. The summed E-state index contributed by atoms with van der Waals surface area (Å²) >= 11 is 5.71. The molecule has 2 aromatic rings.